The number of nitrogen functional groups attached to an aromatic ring is 1. The van der Waals surface area contributed by atoms with Crippen LogP contribution in [0, 0.1) is 0 Å². The van der Waals surface area contributed by atoms with Crippen molar-refractivity contribution in [1.82, 2.24) is 4.72 Å². The number of esters is 1. The van der Waals surface area contributed by atoms with Crippen LogP contribution in [-0.2, 0) is 19.6 Å². The zero-order valence-corrected chi connectivity index (χ0v) is 12.1. The van der Waals surface area contributed by atoms with E-state index in [1.165, 1.54) is 6.92 Å². The highest BCUT2D eigenvalue weighted by Gasteiger charge is 2.29. The number of benzene rings is 1. The Morgan fingerprint density at radius 3 is 2.45 bits per heavy atom. The van der Waals surface area contributed by atoms with Crippen molar-refractivity contribution < 1.29 is 23.1 Å². The predicted molar refractivity (Wildman–Crippen MR) is 74.2 cm³/mol. The fourth-order valence-corrected chi connectivity index (χ4v) is 2.44. The van der Waals surface area contributed by atoms with Gasteiger partial charge in [0.15, 0.2) is 5.25 Å². The number of nitrogens with one attached hydrogen (secondary N) is 1. The van der Waals surface area contributed by atoms with Gasteiger partial charge in [-0.05, 0) is 24.6 Å². The summed E-state index contributed by atoms with van der Waals surface area (Å²) < 4.78 is 30.1. The molecular formula is C12H18N2O5S. The van der Waals surface area contributed by atoms with Crippen molar-refractivity contribution in [2.24, 2.45) is 0 Å². The quantitative estimate of drug-likeness (QED) is 0.494. The molecule has 2 unspecified atom stereocenters. The van der Waals surface area contributed by atoms with Crippen LogP contribution < -0.4 is 10.5 Å². The van der Waals surface area contributed by atoms with Crippen LogP contribution in [0.5, 0.6) is 0 Å². The molecule has 0 heterocycles. The Balaban J connectivity index is 2.66. The predicted octanol–water partition coefficient (Wildman–Crippen LogP) is -0.217. The molecule has 20 heavy (non-hydrogen) atoms. The van der Waals surface area contributed by atoms with Crippen molar-refractivity contribution >= 4 is 21.7 Å². The topological polar surface area (TPSA) is 119 Å². The number of carbonyl (C=O) groups excluding carboxylic acids is 1. The van der Waals surface area contributed by atoms with E-state index >= 15 is 0 Å². The van der Waals surface area contributed by atoms with Crippen LogP contribution in [0.2, 0.25) is 0 Å². The minimum absolute atomic E-state index is 0.242. The van der Waals surface area contributed by atoms with E-state index in [-0.39, 0.29) is 6.54 Å². The Bertz CT molecular complexity index is 556. The molecule has 0 aliphatic rings. The molecule has 0 spiro atoms. The average molecular weight is 302 g/mol. The molecule has 0 bridgehead atoms. The third-order valence-corrected chi connectivity index (χ3v) is 4.49. The molecule has 1 rings (SSSR count). The number of hydrogen-bond acceptors (Lipinski definition) is 6. The number of aliphatic hydroxyl groups is 1. The highest BCUT2D eigenvalue weighted by molar-refractivity contribution is 7.90. The Hall–Kier alpha value is -1.64. The fourth-order valence-electron chi connectivity index (χ4n) is 1.45. The summed E-state index contributed by atoms with van der Waals surface area (Å²) in [6.07, 6.45) is -1.03. The van der Waals surface area contributed by atoms with Gasteiger partial charge in [0.25, 0.3) is 0 Å². The van der Waals surface area contributed by atoms with Crippen LogP contribution in [0.15, 0.2) is 24.3 Å². The second-order valence-corrected chi connectivity index (χ2v) is 6.33. The van der Waals surface area contributed by atoms with Gasteiger partial charge in [0.2, 0.25) is 10.0 Å². The molecule has 4 N–H and O–H groups in total. The number of sulfonamides is 1. The van der Waals surface area contributed by atoms with Crippen molar-refractivity contribution in [1.29, 1.82) is 0 Å². The van der Waals surface area contributed by atoms with E-state index in [0.29, 0.717) is 11.3 Å². The van der Waals surface area contributed by atoms with Gasteiger partial charge >= 0.3 is 5.97 Å². The Morgan fingerprint density at radius 1 is 1.40 bits per heavy atom. The molecule has 0 fully saturated rings. The summed E-state index contributed by atoms with van der Waals surface area (Å²) in [5.41, 5.74) is 6.58. The Labute approximate surface area is 117 Å². The molecule has 0 saturated carbocycles. The smallest absolute Gasteiger partial charge is 0.325 e. The highest BCUT2D eigenvalue weighted by Crippen LogP contribution is 2.14. The third-order valence-electron chi connectivity index (χ3n) is 2.80. The molecule has 0 radical (unpaired) electrons. The molecule has 0 aliphatic heterocycles. The van der Waals surface area contributed by atoms with Crippen LogP contribution in [0.3, 0.4) is 0 Å². The number of hydrogen-bond donors (Lipinski definition) is 3. The van der Waals surface area contributed by atoms with Gasteiger partial charge < -0.3 is 15.6 Å². The van der Waals surface area contributed by atoms with E-state index in [1.54, 1.807) is 24.3 Å². The molecule has 0 aliphatic carbocycles. The van der Waals surface area contributed by atoms with E-state index in [0.717, 1.165) is 7.11 Å². The maximum atomic E-state index is 11.8. The molecule has 0 amide bonds. The van der Waals surface area contributed by atoms with Gasteiger partial charge in [-0.3, -0.25) is 4.79 Å². The second-order valence-electron chi connectivity index (χ2n) is 4.24. The number of aliphatic hydroxyl groups excluding tert-OH is 1. The zero-order chi connectivity index (χ0) is 15.3. The zero-order valence-electron chi connectivity index (χ0n) is 11.2. The van der Waals surface area contributed by atoms with Gasteiger partial charge in [0, 0.05) is 12.2 Å². The van der Waals surface area contributed by atoms with Crippen molar-refractivity contribution in [3.63, 3.8) is 0 Å². The third kappa shape index (κ3) is 4.19. The first-order chi connectivity index (χ1) is 9.27. The number of carbonyl (C=O) groups is 1. The first-order valence-corrected chi connectivity index (χ1v) is 7.42. The lowest BCUT2D eigenvalue weighted by atomic mass is 10.1. The van der Waals surface area contributed by atoms with E-state index in [9.17, 15) is 18.3 Å². The number of nitrogens with two attached hydrogens (primary N) is 1. The van der Waals surface area contributed by atoms with Gasteiger partial charge in [-0.25, -0.2) is 13.1 Å². The number of methoxy groups -OCH3 is 1. The summed E-state index contributed by atoms with van der Waals surface area (Å²) in [5.74, 6) is -0.862. The molecule has 112 valence electrons. The minimum Gasteiger partial charge on any atom is -0.468 e. The molecule has 0 saturated heterocycles. The first-order valence-electron chi connectivity index (χ1n) is 5.87. The first kappa shape index (κ1) is 16.4. The van der Waals surface area contributed by atoms with Crippen molar-refractivity contribution in [2.75, 3.05) is 19.4 Å². The average Bonchev–Trinajstić information content (AvgIpc) is 2.43. The fraction of sp³-hybridized carbons (Fsp3) is 0.417. The summed E-state index contributed by atoms with van der Waals surface area (Å²) >= 11 is 0. The lowest BCUT2D eigenvalue weighted by Gasteiger charge is -2.15. The van der Waals surface area contributed by atoms with Crippen molar-refractivity contribution in [3.05, 3.63) is 29.8 Å². The maximum absolute atomic E-state index is 11.8. The Kier molecular flexibility index (Phi) is 5.49. The molecule has 7 nitrogen and oxygen atoms in total. The normalized spacial score (nSPS) is 14.6. The molecule has 1 aromatic rings. The molecule has 0 aromatic heterocycles. The van der Waals surface area contributed by atoms with Crippen LogP contribution in [-0.4, -0.2) is 38.4 Å². The van der Waals surface area contributed by atoms with Crippen LogP contribution in [0.1, 0.15) is 18.6 Å². The van der Waals surface area contributed by atoms with Crippen LogP contribution >= 0.6 is 0 Å². The van der Waals surface area contributed by atoms with Crippen molar-refractivity contribution in [3.8, 4) is 0 Å². The van der Waals surface area contributed by atoms with Gasteiger partial charge in [0.1, 0.15) is 0 Å². The lowest BCUT2D eigenvalue weighted by molar-refractivity contribution is -0.139. The number of anilines is 1. The standard InChI is InChI=1S/C12H18N2O5S/c1-8(12(16)19-2)20(17,18)14-7-11(15)9-3-5-10(13)6-4-9/h3-6,8,11,14-15H,7,13H2,1-2H3. The van der Waals surface area contributed by atoms with Crippen LogP contribution in [0.4, 0.5) is 5.69 Å². The summed E-state index contributed by atoms with van der Waals surface area (Å²) in [7, 11) is -2.78. The molecule has 8 heteroatoms. The van der Waals surface area contributed by atoms with E-state index in [4.69, 9.17) is 5.73 Å². The largest absolute Gasteiger partial charge is 0.468 e. The molecule has 2 atom stereocenters. The van der Waals surface area contributed by atoms with E-state index in [2.05, 4.69) is 9.46 Å². The number of ether oxygens (including phenoxy) is 1. The van der Waals surface area contributed by atoms with Gasteiger partial charge in [-0.2, -0.15) is 0 Å². The Morgan fingerprint density at radius 2 is 1.95 bits per heavy atom. The summed E-state index contributed by atoms with van der Waals surface area (Å²) in [4.78, 5) is 11.2. The minimum atomic E-state index is -3.89. The lowest BCUT2D eigenvalue weighted by Crippen LogP contribution is -2.39. The summed E-state index contributed by atoms with van der Waals surface area (Å²) in [6, 6.07) is 6.39. The van der Waals surface area contributed by atoms with Crippen molar-refractivity contribution in [2.45, 2.75) is 18.3 Å². The second kappa shape index (κ2) is 6.69. The SMILES string of the molecule is COC(=O)C(C)S(=O)(=O)NCC(O)c1ccc(N)cc1. The van der Waals surface area contributed by atoms with Crippen LogP contribution in [0.25, 0.3) is 0 Å². The van der Waals surface area contributed by atoms with Gasteiger partial charge in [0.05, 0.1) is 13.2 Å². The highest BCUT2D eigenvalue weighted by atomic mass is 32.2. The van der Waals surface area contributed by atoms with E-state index in [1.807, 2.05) is 0 Å². The summed E-state index contributed by atoms with van der Waals surface area (Å²) in [6.45, 7) is 0.970. The molecule has 1 aromatic carbocycles. The maximum Gasteiger partial charge on any atom is 0.325 e. The van der Waals surface area contributed by atoms with Gasteiger partial charge in [-0.15, -0.1) is 0 Å². The molecular weight excluding hydrogens is 284 g/mol. The van der Waals surface area contributed by atoms with Gasteiger partial charge in [-0.1, -0.05) is 12.1 Å². The van der Waals surface area contributed by atoms with E-state index < -0.39 is 27.3 Å². The monoisotopic (exact) mass is 302 g/mol. The number of rotatable bonds is 6. The summed E-state index contributed by atoms with van der Waals surface area (Å²) in [5, 5.41) is 8.53.